The molecule has 0 heterocycles. The topological polar surface area (TPSA) is 110 Å². The number of nitro benzene ring substituents is 1. The first-order valence-electron chi connectivity index (χ1n) is 6.56. The highest BCUT2D eigenvalue weighted by Gasteiger charge is 2.28. The fraction of sp³-hybridized carbons (Fsp3) is 0.538. The van der Waals surface area contributed by atoms with Crippen LogP contribution in [0.3, 0.4) is 0 Å². The second kappa shape index (κ2) is 6.40. The van der Waals surface area contributed by atoms with Crippen molar-refractivity contribution in [2.45, 2.75) is 37.1 Å². The predicted octanol–water partition coefficient (Wildman–Crippen LogP) is 1.96. The van der Waals surface area contributed by atoms with Gasteiger partial charge in [0.25, 0.3) is 5.69 Å². The Morgan fingerprint density at radius 3 is 2.29 bits per heavy atom. The van der Waals surface area contributed by atoms with Gasteiger partial charge < -0.3 is 10.4 Å². The maximum absolute atomic E-state index is 11.5. The first-order chi connectivity index (χ1) is 9.69. The van der Waals surface area contributed by atoms with Crippen LogP contribution in [0, 0.1) is 10.1 Å². The third-order valence-electron chi connectivity index (χ3n) is 3.65. The number of anilines is 1. The van der Waals surface area contributed by atoms with Gasteiger partial charge in [-0.3, -0.25) is 10.1 Å². The van der Waals surface area contributed by atoms with Gasteiger partial charge in [0.1, 0.15) is 5.69 Å². The first-order valence-corrected chi connectivity index (χ1v) is 8.46. The summed E-state index contributed by atoms with van der Waals surface area (Å²) in [6.07, 6.45) is 2.14. The third-order valence-corrected chi connectivity index (χ3v) is 4.76. The zero-order chi connectivity index (χ0) is 16.3. The van der Waals surface area contributed by atoms with Crippen LogP contribution in [0.15, 0.2) is 23.1 Å². The summed E-state index contributed by atoms with van der Waals surface area (Å²) in [5.74, 6) is 0. The van der Waals surface area contributed by atoms with Crippen molar-refractivity contribution in [2.75, 3.05) is 18.2 Å². The van der Waals surface area contributed by atoms with E-state index in [-0.39, 0.29) is 22.9 Å². The van der Waals surface area contributed by atoms with E-state index in [0.717, 1.165) is 12.3 Å². The summed E-state index contributed by atoms with van der Waals surface area (Å²) in [6.45, 7) is 3.55. The number of nitro groups is 1. The van der Waals surface area contributed by atoms with Crippen molar-refractivity contribution in [3.63, 3.8) is 0 Å². The van der Waals surface area contributed by atoms with Crippen molar-refractivity contribution in [3.8, 4) is 0 Å². The van der Waals surface area contributed by atoms with Gasteiger partial charge in [-0.25, -0.2) is 8.42 Å². The van der Waals surface area contributed by atoms with Crippen molar-refractivity contribution in [3.05, 3.63) is 28.3 Å². The first kappa shape index (κ1) is 17.4. The van der Waals surface area contributed by atoms with E-state index in [4.69, 9.17) is 0 Å². The van der Waals surface area contributed by atoms with E-state index in [0.29, 0.717) is 12.8 Å². The molecule has 1 aromatic rings. The number of hydrogen-bond donors (Lipinski definition) is 2. The highest BCUT2D eigenvalue weighted by molar-refractivity contribution is 7.90. The van der Waals surface area contributed by atoms with Crippen molar-refractivity contribution < 1.29 is 18.4 Å². The smallest absolute Gasteiger partial charge is 0.293 e. The second-order valence-electron chi connectivity index (χ2n) is 4.98. The van der Waals surface area contributed by atoms with E-state index < -0.39 is 20.3 Å². The fourth-order valence-electron chi connectivity index (χ4n) is 1.97. The molecule has 0 amide bonds. The quantitative estimate of drug-likeness (QED) is 0.588. The molecule has 0 atom stereocenters. The minimum atomic E-state index is -3.52. The number of nitrogens with one attached hydrogen (secondary N) is 1. The monoisotopic (exact) mass is 316 g/mol. The molecule has 7 nitrogen and oxygen atoms in total. The van der Waals surface area contributed by atoms with E-state index in [1.54, 1.807) is 0 Å². The minimum Gasteiger partial charge on any atom is -0.394 e. The maximum Gasteiger partial charge on any atom is 0.293 e. The molecule has 0 aromatic heterocycles. The van der Waals surface area contributed by atoms with E-state index in [1.807, 2.05) is 13.8 Å². The standard InChI is InChI=1S/C13H20N2O5S/c1-4-13(5-2,9-16)14-11-7-6-10(21(3,19)20)8-12(11)15(17)18/h6-8,14,16H,4-5,9H2,1-3H3. The third kappa shape index (κ3) is 3.92. The van der Waals surface area contributed by atoms with Crippen LogP contribution < -0.4 is 5.32 Å². The molecule has 0 spiro atoms. The molecule has 0 radical (unpaired) electrons. The van der Waals surface area contributed by atoms with Crippen molar-refractivity contribution >= 4 is 21.2 Å². The number of aliphatic hydroxyl groups is 1. The molecular weight excluding hydrogens is 296 g/mol. The zero-order valence-electron chi connectivity index (χ0n) is 12.3. The van der Waals surface area contributed by atoms with E-state index in [9.17, 15) is 23.6 Å². The summed E-state index contributed by atoms with van der Waals surface area (Å²) in [6, 6.07) is 3.72. The summed E-state index contributed by atoms with van der Waals surface area (Å²) in [5, 5.41) is 23.7. The molecule has 21 heavy (non-hydrogen) atoms. The number of rotatable bonds is 7. The number of hydrogen-bond acceptors (Lipinski definition) is 6. The van der Waals surface area contributed by atoms with E-state index in [2.05, 4.69) is 5.32 Å². The molecule has 0 bridgehead atoms. The number of nitrogens with zero attached hydrogens (tertiary/aromatic N) is 1. The summed E-state index contributed by atoms with van der Waals surface area (Å²) in [7, 11) is -3.52. The van der Waals surface area contributed by atoms with E-state index in [1.165, 1.54) is 12.1 Å². The molecular formula is C13H20N2O5S. The molecule has 0 fully saturated rings. The Bertz CT molecular complexity index is 615. The Morgan fingerprint density at radius 2 is 1.90 bits per heavy atom. The zero-order valence-corrected chi connectivity index (χ0v) is 13.1. The van der Waals surface area contributed by atoms with Crippen LogP contribution in [-0.2, 0) is 9.84 Å². The van der Waals surface area contributed by atoms with Crippen LogP contribution in [0.1, 0.15) is 26.7 Å². The lowest BCUT2D eigenvalue weighted by Gasteiger charge is -2.31. The lowest BCUT2D eigenvalue weighted by Crippen LogP contribution is -2.41. The number of sulfone groups is 1. The van der Waals surface area contributed by atoms with Crippen LogP contribution in [-0.4, -0.2) is 36.8 Å². The van der Waals surface area contributed by atoms with E-state index >= 15 is 0 Å². The van der Waals surface area contributed by atoms with Crippen LogP contribution >= 0.6 is 0 Å². The van der Waals surface area contributed by atoms with Gasteiger partial charge in [0.05, 0.1) is 22.0 Å². The SMILES string of the molecule is CCC(CC)(CO)Nc1ccc(S(C)(=O)=O)cc1[N+](=O)[O-]. The van der Waals surface area contributed by atoms with Gasteiger partial charge in [0.2, 0.25) is 0 Å². The molecule has 0 aliphatic rings. The molecule has 1 rings (SSSR count). The molecule has 8 heteroatoms. The molecule has 1 aromatic carbocycles. The van der Waals surface area contributed by atoms with Gasteiger partial charge in [-0.1, -0.05) is 13.8 Å². The fourth-order valence-corrected chi connectivity index (χ4v) is 2.62. The maximum atomic E-state index is 11.5. The van der Waals surface area contributed by atoms with Crippen LogP contribution in [0.5, 0.6) is 0 Å². The van der Waals surface area contributed by atoms with Gasteiger partial charge in [0, 0.05) is 12.3 Å². The normalized spacial score (nSPS) is 12.2. The molecule has 0 aliphatic heterocycles. The lowest BCUT2D eigenvalue weighted by molar-refractivity contribution is -0.384. The summed E-state index contributed by atoms with van der Waals surface area (Å²) in [5.41, 5.74) is -0.792. The Morgan fingerprint density at radius 1 is 1.33 bits per heavy atom. The summed E-state index contributed by atoms with van der Waals surface area (Å²) >= 11 is 0. The predicted molar refractivity (Wildman–Crippen MR) is 80.2 cm³/mol. The number of benzene rings is 1. The minimum absolute atomic E-state index is 0.109. The lowest BCUT2D eigenvalue weighted by atomic mass is 9.93. The summed E-state index contributed by atoms with van der Waals surface area (Å²) < 4.78 is 23.0. The van der Waals surface area contributed by atoms with Gasteiger partial charge >= 0.3 is 0 Å². The average Bonchev–Trinajstić information content (AvgIpc) is 2.43. The Kier molecular flexibility index (Phi) is 5.30. The van der Waals surface area contributed by atoms with Crippen molar-refractivity contribution in [2.24, 2.45) is 0 Å². The highest BCUT2D eigenvalue weighted by atomic mass is 32.2. The van der Waals surface area contributed by atoms with Crippen molar-refractivity contribution in [1.82, 2.24) is 0 Å². The van der Waals surface area contributed by atoms with Gasteiger partial charge in [0.15, 0.2) is 9.84 Å². The molecule has 0 unspecified atom stereocenters. The second-order valence-corrected chi connectivity index (χ2v) is 6.99. The Labute approximate surface area is 124 Å². The highest BCUT2D eigenvalue weighted by Crippen LogP contribution is 2.31. The van der Waals surface area contributed by atoms with Crippen LogP contribution in [0.2, 0.25) is 0 Å². The molecule has 0 saturated carbocycles. The molecule has 0 aliphatic carbocycles. The Balaban J connectivity index is 3.34. The van der Waals surface area contributed by atoms with Crippen LogP contribution in [0.4, 0.5) is 11.4 Å². The summed E-state index contributed by atoms with van der Waals surface area (Å²) in [4.78, 5) is 10.4. The molecule has 2 N–H and O–H groups in total. The Hall–Kier alpha value is -1.67. The van der Waals surface area contributed by atoms with Gasteiger partial charge in [-0.05, 0) is 25.0 Å². The van der Waals surface area contributed by atoms with Gasteiger partial charge in [-0.2, -0.15) is 0 Å². The average molecular weight is 316 g/mol. The molecule has 118 valence electrons. The van der Waals surface area contributed by atoms with Gasteiger partial charge in [-0.15, -0.1) is 0 Å². The van der Waals surface area contributed by atoms with Crippen LogP contribution in [0.25, 0.3) is 0 Å². The molecule has 0 saturated heterocycles. The largest absolute Gasteiger partial charge is 0.394 e. The number of aliphatic hydroxyl groups excluding tert-OH is 1. The van der Waals surface area contributed by atoms with Crippen molar-refractivity contribution in [1.29, 1.82) is 0 Å².